The molecule has 19 heavy (non-hydrogen) atoms. The summed E-state index contributed by atoms with van der Waals surface area (Å²) in [6.45, 7) is 10.8. The summed E-state index contributed by atoms with van der Waals surface area (Å²) in [5.74, 6) is 0.946. The third-order valence-electron chi connectivity index (χ3n) is 4.75. The van der Waals surface area contributed by atoms with Crippen molar-refractivity contribution in [3.8, 4) is 0 Å². The third-order valence-corrected chi connectivity index (χ3v) is 4.75. The highest BCUT2D eigenvalue weighted by Gasteiger charge is 2.25. The minimum atomic E-state index is 0.534. The maximum absolute atomic E-state index is 2.62. The van der Waals surface area contributed by atoms with Crippen LogP contribution in [-0.4, -0.2) is 18.0 Å². The van der Waals surface area contributed by atoms with Crippen LogP contribution in [0.5, 0.6) is 0 Å². The lowest BCUT2D eigenvalue weighted by molar-refractivity contribution is 0.140. The van der Waals surface area contributed by atoms with E-state index in [-0.39, 0.29) is 0 Å². The molecule has 1 heterocycles. The van der Waals surface area contributed by atoms with Gasteiger partial charge in [-0.2, -0.15) is 0 Å². The molecule has 1 saturated heterocycles. The third kappa shape index (κ3) is 4.65. The van der Waals surface area contributed by atoms with Crippen LogP contribution in [-0.2, 0) is 6.54 Å². The normalized spacial score (nSPS) is 18.7. The van der Waals surface area contributed by atoms with Crippen LogP contribution in [0.2, 0.25) is 0 Å². The number of benzene rings is 1. The Bertz CT molecular complexity index is 361. The van der Waals surface area contributed by atoms with Gasteiger partial charge in [0.05, 0.1) is 0 Å². The van der Waals surface area contributed by atoms with Crippen molar-refractivity contribution in [2.75, 3.05) is 13.1 Å². The number of hydrogen-bond donors (Lipinski definition) is 0. The van der Waals surface area contributed by atoms with Gasteiger partial charge in [0.2, 0.25) is 0 Å². The predicted molar refractivity (Wildman–Crippen MR) is 83.1 cm³/mol. The fourth-order valence-electron chi connectivity index (χ4n) is 3.12. The molecule has 0 N–H and O–H groups in total. The number of nitrogens with zero attached hydrogens (tertiary/aromatic N) is 1. The second-order valence-corrected chi connectivity index (χ2v) is 6.93. The van der Waals surface area contributed by atoms with Gasteiger partial charge in [-0.15, -0.1) is 0 Å². The summed E-state index contributed by atoms with van der Waals surface area (Å²) in [5.41, 5.74) is 1.99. The van der Waals surface area contributed by atoms with Crippen molar-refractivity contribution in [2.45, 2.75) is 53.0 Å². The quantitative estimate of drug-likeness (QED) is 0.739. The highest BCUT2D eigenvalue weighted by Crippen LogP contribution is 2.33. The first-order valence-electron chi connectivity index (χ1n) is 7.85. The second-order valence-electron chi connectivity index (χ2n) is 6.93. The highest BCUT2D eigenvalue weighted by atomic mass is 15.1. The zero-order valence-electron chi connectivity index (χ0n) is 12.9. The molecular weight excluding hydrogens is 230 g/mol. The van der Waals surface area contributed by atoms with Gasteiger partial charge in [-0.25, -0.2) is 0 Å². The molecule has 1 aromatic carbocycles. The van der Waals surface area contributed by atoms with E-state index in [0.717, 1.165) is 12.5 Å². The molecule has 1 nitrogen and oxygen atoms in total. The molecule has 0 atom stereocenters. The minimum Gasteiger partial charge on any atom is -0.299 e. The van der Waals surface area contributed by atoms with Gasteiger partial charge in [0, 0.05) is 6.54 Å². The molecule has 0 amide bonds. The van der Waals surface area contributed by atoms with E-state index in [0.29, 0.717) is 5.41 Å². The Labute approximate surface area is 119 Å². The largest absolute Gasteiger partial charge is 0.299 e. The van der Waals surface area contributed by atoms with Gasteiger partial charge in [-0.1, -0.05) is 57.5 Å². The molecule has 106 valence electrons. The summed E-state index contributed by atoms with van der Waals surface area (Å²) < 4.78 is 0. The zero-order valence-corrected chi connectivity index (χ0v) is 12.9. The van der Waals surface area contributed by atoms with Crippen LogP contribution in [0, 0.1) is 11.3 Å². The van der Waals surface area contributed by atoms with Gasteiger partial charge >= 0.3 is 0 Å². The monoisotopic (exact) mass is 259 g/mol. The van der Waals surface area contributed by atoms with Gasteiger partial charge in [0.1, 0.15) is 0 Å². The molecule has 0 bridgehead atoms. The minimum absolute atomic E-state index is 0.534. The Morgan fingerprint density at radius 1 is 1.11 bits per heavy atom. The molecule has 0 aromatic heterocycles. The summed E-state index contributed by atoms with van der Waals surface area (Å²) in [6, 6.07) is 10.9. The molecule has 1 aliphatic heterocycles. The molecule has 0 aliphatic carbocycles. The standard InChI is InChI=1S/C18H29N/c1-4-18(2,3)14-16-10-12-19(13-11-16)15-17-8-6-5-7-9-17/h5-9,16H,4,10-15H2,1-3H3. The van der Waals surface area contributed by atoms with Gasteiger partial charge in [-0.3, -0.25) is 4.90 Å². The van der Waals surface area contributed by atoms with Crippen molar-refractivity contribution in [2.24, 2.45) is 11.3 Å². The molecule has 2 rings (SSSR count). The van der Waals surface area contributed by atoms with E-state index in [1.807, 2.05) is 0 Å². The molecular formula is C18H29N. The van der Waals surface area contributed by atoms with Gasteiger partial charge in [-0.05, 0) is 49.2 Å². The van der Waals surface area contributed by atoms with E-state index in [9.17, 15) is 0 Å². The molecule has 1 heteroatoms. The smallest absolute Gasteiger partial charge is 0.0233 e. The lowest BCUT2D eigenvalue weighted by Crippen LogP contribution is -2.34. The average molecular weight is 259 g/mol. The fourth-order valence-corrected chi connectivity index (χ4v) is 3.12. The topological polar surface area (TPSA) is 3.24 Å². The second kappa shape index (κ2) is 6.56. The maximum atomic E-state index is 2.62. The van der Waals surface area contributed by atoms with Crippen molar-refractivity contribution in [1.29, 1.82) is 0 Å². The number of piperidine rings is 1. The SMILES string of the molecule is CCC(C)(C)CC1CCN(Cc2ccccc2)CC1. The fraction of sp³-hybridized carbons (Fsp3) is 0.667. The molecule has 0 unspecified atom stereocenters. The first kappa shape index (κ1) is 14.6. The molecule has 1 fully saturated rings. The van der Waals surface area contributed by atoms with Gasteiger partial charge in [0.15, 0.2) is 0 Å². The van der Waals surface area contributed by atoms with Crippen LogP contribution >= 0.6 is 0 Å². The molecule has 0 saturated carbocycles. The van der Waals surface area contributed by atoms with E-state index in [2.05, 4.69) is 56.0 Å². The molecule has 1 aromatic rings. The van der Waals surface area contributed by atoms with Crippen LogP contribution in [0.4, 0.5) is 0 Å². The molecule has 1 aliphatic rings. The van der Waals surface area contributed by atoms with Crippen molar-refractivity contribution in [1.82, 2.24) is 4.90 Å². The molecule has 0 spiro atoms. The Hall–Kier alpha value is -0.820. The Morgan fingerprint density at radius 2 is 1.74 bits per heavy atom. The van der Waals surface area contributed by atoms with Crippen molar-refractivity contribution in [3.05, 3.63) is 35.9 Å². The average Bonchev–Trinajstić information content (AvgIpc) is 2.42. The van der Waals surface area contributed by atoms with Gasteiger partial charge < -0.3 is 0 Å². The lowest BCUT2D eigenvalue weighted by Gasteiger charge is -2.36. The van der Waals surface area contributed by atoms with E-state index in [1.54, 1.807) is 0 Å². The van der Waals surface area contributed by atoms with Crippen LogP contribution in [0.15, 0.2) is 30.3 Å². The first-order valence-corrected chi connectivity index (χ1v) is 7.85. The van der Waals surface area contributed by atoms with Crippen LogP contribution < -0.4 is 0 Å². The van der Waals surface area contributed by atoms with Crippen molar-refractivity contribution >= 4 is 0 Å². The number of likely N-dealkylation sites (tertiary alicyclic amines) is 1. The Kier molecular flexibility index (Phi) is 5.04. The highest BCUT2D eigenvalue weighted by molar-refractivity contribution is 5.14. The van der Waals surface area contributed by atoms with E-state index < -0.39 is 0 Å². The number of rotatable bonds is 5. The van der Waals surface area contributed by atoms with Crippen molar-refractivity contribution < 1.29 is 0 Å². The number of hydrogen-bond acceptors (Lipinski definition) is 1. The van der Waals surface area contributed by atoms with E-state index in [1.165, 1.54) is 44.3 Å². The first-order chi connectivity index (χ1) is 9.09. The van der Waals surface area contributed by atoms with Gasteiger partial charge in [0.25, 0.3) is 0 Å². The summed E-state index contributed by atoms with van der Waals surface area (Å²) >= 11 is 0. The van der Waals surface area contributed by atoms with Crippen LogP contribution in [0.25, 0.3) is 0 Å². The van der Waals surface area contributed by atoms with Crippen LogP contribution in [0.1, 0.15) is 52.0 Å². The summed E-state index contributed by atoms with van der Waals surface area (Å²) in [4.78, 5) is 2.62. The summed E-state index contributed by atoms with van der Waals surface area (Å²) in [5, 5.41) is 0. The summed E-state index contributed by atoms with van der Waals surface area (Å²) in [6.07, 6.45) is 5.48. The zero-order chi connectivity index (χ0) is 13.7. The Balaban J connectivity index is 1.77. The van der Waals surface area contributed by atoms with Crippen LogP contribution in [0.3, 0.4) is 0 Å². The lowest BCUT2D eigenvalue weighted by atomic mass is 9.77. The Morgan fingerprint density at radius 3 is 2.32 bits per heavy atom. The summed E-state index contributed by atoms with van der Waals surface area (Å²) in [7, 11) is 0. The van der Waals surface area contributed by atoms with E-state index >= 15 is 0 Å². The molecule has 0 radical (unpaired) electrons. The van der Waals surface area contributed by atoms with Crippen molar-refractivity contribution in [3.63, 3.8) is 0 Å². The predicted octanol–water partition coefficient (Wildman–Crippen LogP) is 4.72. The van der Waals surface area contributed by atoms with E-state index in [4.69, 9.17) is 0 Å². The maximum Gasteiger partial charge on any atom is 0.0233 e.